The number of esters is 1. The molecule has 1 saturated heterocycles. The summed E-state index contributed by atoms with van der Waals surface area (Å²) in [6, 6.07) is 3.47. The zero-order valence-corrected chi connectivity index (χ0v) is 12.0. The van der Waals surface area contributed by atoms with E-state index >= 15 is 0 Å². The number of rotatable bonds is 4. The Morgan fingerprint density at radius 3 is 2.90 bits per heavy atom. The van der Waals surface area contributed by atoms with Crippen LogP contribution in [-0.4, -0.2) is 65.4 Å². The number of fused-ring (bicyclic) bond motifs is 1. The molecule has 1 aliphatic heterocycles. The van der Waals surface area contributed by atoms with Crippen molar-refractivity contribution in [2.45, 2.75) is 6.42 Å². The maximum absolute atomic E-state index is 11.6. The van der Waals surface area contributed by atoms with Gasteiger partial charge in [-0.05, 0) is 12.1 Å². The van der Waals surface area contributed by atoms with Crippen LogP contribution in [0, 0.1) is 0 Å². The van der Waals surface area contributed by atoms with Gasteiger partial charge in [-0.15, -0.1) is 10.2 Å². The minimum atomic E-state index is -0.357. The predicted octanol–water partition coefficient (Wildman–Crippen LogP) is 0.391. The summed E-state index contributed by atoms with van der Waals surface area (Å²) in [6.07, 6.45) is 2.52. The molecule has 2 aromatic heterocycles. The molecule has 0 aromatic carbocycles. The number of methoxy groups -OCH3 is 1. The molecule has 0 unspecified atom stereocenters. The second kappa shape index (κ2) is 6.19. The Morgan fingerprint density at radius 1 is 1.33 bits per heavy atom. The molecule has 0 bridgehead atoms. The number of pyridine rings is 1. The van der Waals surface area contributed by atoms with Gasteiger partial charge in [-0.1, -0.05) is 0 Å². The molecule has 0 spiro atoms. The van der Waals surface area contributed by atoms with Crippen molar-refractivity contribution in [3.63, 3.8) is 0 Å². The first kappa shape index (κ1) is 14.0. The molecular formula is C14H18N4O3. The molecule has 0 radical (unpaired) electrons. The van der Waals surface area contributed by atoms with Gasteiger partial charge in [0.15, 0.2) is 5.65 Å². The molecule has 1 fully saturated rings. The number of nitrogens with zero attached hydrogens (tertiary/aromatic N) is 4. The molecule has 7 nitrogen and oxygen atoms in total. The Morgan fingerprint density at radius 2 is 2.14 bits per heavy atom. The molecule has 1 aliphatic rings. The maximum Gasteiger partial charge on any atom is 0.339 e. The summed E-state index contributed by atoms with van der Waals surface area (Å²) in [6.45, 7) is 4.38. The van der Waals surface area contributed by atoms with Crippen LogP contribution >= 0.6 is 0 Å². The average Bonchev–Trinajstić information content (AvgIpc) is 2.95. The highest BCUT2D eigenvalue weighted by Gasteiger charge is 2.14. The molecule has 0 atom stereocenters. The van der Waals surface area contributed by atoms with Crippen LogP contribution in [0.5, 0.6) is 0 Å². The van der Waals surface area contributed by atoms with Crippen LogP contribution in [0.4, 0.5) is 0 Å². The van der Waals surface area contributed by atoms with Gasteiger partial charge >= 0.3 is 5.97 Å². The normalized spacial score (nSPS) is 16.2. The van der Waals surface area contributed by atoms with Gasteiger partial charge in [0.25, 0.3) is 0 Å². The summed E-state index contributed by atoms with van der Waals surface area (Å²) < 4.78 is 11.9. The summed E-state index contributed by atoms with van der Waals surface area (Å²) in [7, 11) is 1.37. The number of hydrogen-bond donors (Lipinski definition) is 0. The van der Waals surface area contributed by atoms with Gasteiger partial charge in [-0.25, -0.2) is 4.79 Å². The Bertz CT molecular complexity index is 634. The predicted molar refractivity (Wildman–Crippen MR) is 75.3 cm³/mol. The van der Waals surface area contributed by atoms with Crippen LogP contribution in [0.1, 0.15) is 16.2 Å². The highest BCUT2D eigenvalue weighted by molar-refractivity contribution is 5.89. The number of carbonyl (C=O) groups is 1. The molecule has 0 amide bonds. The Hall–Kier alpha value is -1.99. The van der Waals surface area contributed by atoms with Crippen molar-refractivity contribution < 1.29 is 14.3 Å². The SMILES string of the molecule is COC(=O)c1ccc2nnc(CCN3CCOCC3)n2c1. The van der Waals surface area contributed by atoms with E-state index in [0.29, 0.717) is 5.56 Å². The van der Waals surface area contributed by atoms with E-state index in [9.17, 15) is 4.79 Å². The second-order valence-corrected chi connectivity index (χ2v) is 4.96. The van der Waals surface area contributed by atoms with Crippen molar-refractivity contribution in [2.75, 3.05) is 40.0 Å². The van der Waals surface area contributed by atoms with Crippen molar-refractivity contribution in [2.24, 2.45) is 0 Å². The highest BCUT2D eigenvalue weighted by Crippen LogP contribution is 2.09. The second-order valence-electron chi connectivity index (χ2n) is 4.96. The highest BCUT2D eigenvalue weighted by atomic mass is 16.5. The molecule has 0 aliphatic carbocycles. The maximum atomic E-state index is 11.6. The third-order valence-electron chi connectivity index (χ3n) is 3.65. The minimum Gasteiger partial charge on any atom is -0.465 e. The quantitative estimate of drug-likeness (QED) is 0.759. The van der Waals surface area contributed by atoms with Crippen molar-refractivity contribution in [1.82, 2.24) is 19.5 Å². The van der Waals surface area contributed by atoms with E-state index in [0.717, 1.165) is 50.7 Å². The largest absolute Gasteiger partial charge is 0.465 e. The molecule has 0 N–H and O–H groups in total. The standard InChI is InChI=1S/C14H18N4O3/c1-20-14(19)11-2-3-12-15-16-13(18(12)10-11)4-5-17-6-8-21-9-7-17/h2-3,10H,4-9H2,1H3. The van der Waals surface area contributed by atoms with Crippen LogP contribution in [0.25, 0.3) is 5.65 Å². The summed E-state index contributed by atoms with van der Waals surface area (Å²) in [5, 5.41) is 8.34. The van der Waals surface area contributed by atoms with Gasteiger partial charge in [0.2, 0.25) is 0 Å². The zero-order valence-electron chi connectivity index (χ0n) is 12.0. The van der Waals surface area contributed by atoms with E-state index in [4.69, 9.17) is 9.47 Å². The Labute approximate surface area is 122 Å². The zero-order chi connectivity index (χ0) is 14.7. The van der Waals surface area contributed by atoms with Crippen LogP contribution in [0.15, 0.2) is 18.3 Å². The van der Waals surface area contributed by atoms with E-state index in [-0.39, 0.29) is 5.97 Å². The molecule has 21 heavy (non-hydrogen) atoms. The first-order valence-electron chi connectivity index (χ1n) is 7.00. The van der Waals surface area contributed by atoms with Gasteiger partial charge < -0.3 is 9.47 Å². The average molecular weight is 290 g/mol. The lowest BCUT2D eigenvalue weighted by atomic mass is 10.3. The monoisotopic (exact) mass is 290 g/mol. The van der Waals surface area contributed by atoms with Gasteiger partial charge in [-0.2, -0.15) is 0 Å². The van der Waals surface area contributed by atoms with Crippen LogP contribution in [0.3, 0.4) is 0 Å². The van der Waals surface area contributed by atoms with E-state index < -0.39 is 0 Å². The molecule has 7 heteroatoms. The molecule has 3 rings (SSSR count). The minimum absolute atomic E-state index is 0.357. The summed E-state index contributed by atoms with van der Waals surface area (Å²) in [5.41, 5.74) is 1.23. The van der Waals surface area contributed by atoms with Crippen LogP contribution in [0.2, 0.25) is 0 Å². The third kappa shape index (κ3) is 3.03. The van der Waals surface area contributed by atoms with Gasteiger partial charge in [0.1, 0.15) is 5.82 Å². The van der Waals surface area contributed by atoms with E-state index in [1.54, 1.807) is 18.3 Å². The van der Waals surface area contributed by atoms with E-state index in [1.807, 2.05) is 4.40 Å². The number of aromatic nitrogens is 3. The van der Waals surface area contributed by atoms with Crippen LogP contribution in [-0.2, 0) is 15.9 Å². The Kier molecular flexibility index (Phi) is 4.12. The first-order chi connectivity index (χ1) is 10.3. The number of morpholine rings is 1. The van der Waals surface area contributed by atoms with E-state index in [2.05, 4.69) is 15.1 Å². The van der Waals surface area contributed by atoms with Crippen molar-refractivity contribution in [3.8, 4) is 0 Å². The van der Waals surface area contributed by atoms with Crippen LogP contribution < -0.4 is 0 Å². The molecule has 0 saturated carbocycles. The molecular weight excluding hydrogens is 272 g/mol. The Balaban J connectivity index is 1.76. The molecule has 2 aromatic rings. The fourth-order valence-electron chi connectivity index (χ4n) is 2.43. The molecule has 112 valence electrons. The smallest absolute Gasteiger partial charge is 0.339 e. The van der Waals surface area contributed by atoms with Crippen molar-refractivity contribution >= 4 is 11.6 Å². The fraction of sp³-hybridized carbons (Fsp3) is 0.500. The third-order valence-corrected chi connectivity index (χ3v) is 3.65. The topological polar surface area (TPSA) is 69.0 Å². The number of hydrogen-bond acceptors (Lipinski definition) is 6. The van der Waals surface area contributed by atoms with Crippen molar-refractivity contribution in [3.05, 3.63) is 29.7 Å². The summed E-state index contributed by atoms with van der Waals surface area (Å²) >= 11 is 0. The van der Waals surface area contributed by atoms with Crippen molar-refractivity contribution in [1.29, 1.82) is 0 Å². The van der Waals surface area contributed by atoms with Gasteiger partial charge in [-0.3, -0.25) is 9.30 Å². The lowest BCUT2D eigenvalue weighted by Crippen LogP contribution is -2.37. The van der Waals surface area contributed by atoms with Gasteiger partial charge in [0.05, 0.1) is 25.9 Å². The summed E-state index contributed by atoms with van der Waals surface area (Å²) in [5.74, 6) is 0.493. The summed E-state index contributed by atoms with van der Waals surface area (Å²) in [4.78, 5) is 13.9. The lowest BCUT2D eigenvalue weighted by Gasteiger charge is -2.26. The fourth-order valence-corrected chi connectivity index (χ4v) is 2.43. The molecule has 3 heterocycles. The van der Waals surface area contributed by atoms with Gasteiger partial charge in [0, 0.05) is 32.3 Å². The first-order valence-corrected chi connectivity index (χ1v) is 7.00. The lowest BCUT2D eigenvalue weighted by molar-refractivity contribution is 0.0382. The number of carbonyl (C=O) groups excluding carboxylic acids is 1. The number of ether oxygens (including phenoxy) is 2. The van der Waals surface area contributed by atoms with E-state index in [1.165, 1.54) is 7.11 Å².